The molecule has 8 heteroatoms. The second-order valence-corrected chi connectivity index (χ2v) is 11.1. The standard InChI is InChI=1S/C20H29N3O3S2/c1-5-11-22(17-10-12-28(24,25)13-17)14-23-19(27)26-18(21-23)15-6-8-16(9-7-15)20(2,3)4/h6-9,17H,5,10-14H2,1-4H3. The third kappa shape index (κ3) is 4.90. The first-order valence-electron chi connectivity index (χ1n) is 9.72. The van der Waals surface area contributed by atoms with Crippen LogP contribution in [0.15, 0.2) is 28.7 Å². The van der Waals surface area contributed by atoms with Gasteiger partial charge in [-0.25, -0.2) is 13.1 Å². The summed E-state index contributed by atoms with van der Waals surface area (Å²) < 4.78 is 31.1. The van der Waals surface area contributed by atoms with Crippen LogP contribution in [0, 0.1) is 4.84 Å². The highest BCUT2D eigenvalue weighted by Gasteiger charge is 2.32. The Morgan fingerprint density at radius 1 is 1.29 bits per heavy atom. The predicted molar refractivity (Wildman–Crippen MR) is 114 cm³/mol. The van der Waals surface area contributed by atoms with Gasteiger partial charge < -0.3 is 4.42 Å². The third-order valence-corrected chi connectivity index (χ3v) is 7.20. The Balaban J connectivity index is 1.80. The second-order valence-electron chi connectivity index (χ2n) is 8.51. The lowest BCUT2D eigenvalue weighted by Crippen LogP contribution is -2.38. The van der Waals surface area contributed by atoms with E-state index in [0.29, 0.717) is 23.8 Å². The lowest BCUT2D eigenvalue weighted by Gasteiger charge is -2.26. The molecule has 1 aliphatic heterocycles. The van der Waals surface area contributed by atoms with Crippen LogP contribution >= 0.6 is 12.2 Å². The van der Waals surface area contributed by atoms with Crippen LogP contribution in [0.3, 0.4) is 0 Å². The third-order valence-electron chi connectivity index (χ3n) is 5.16. The summed E-state index contributed by atoms with van der Waals surface area (Å²) in [5, 5.41) is 4.56. The maximum Gasteiger partial charge on any atom is 0.288 e. The zero-order valence-electron chi connectivity index (χ0n) is 17.0. The van der Waals surface area contributed by atoms with Crippen molar-refractivity contribution < 1.29 is 12.8 Å². The highest BCUT2D eigenvalue weighted by Crippen LogP contribution is 2.26. The van der Waals surface area contributed by atoms with Crippen LogP contribution in [0.2, 0.25) is 0 Å². The van der Waals surface area contributed by atoms with Gasteiger partial charge in [0.05, 0.1) is 18.2 Å². The zero-order valence-corrected chi connectivity index (χ0v) is 18.6. The number of benzene rings is 1. The van der Waals surface area contributed by atoms with Crippen molar-refractivity contribution in [3.05, 3.63) is 34.7 Å². The Hall–Kier alpha value is -1.51. The molecule has 0 spiro atoms. The van der Waals surface area contributed by atoms with E-state index in [-0.39, 0.29) is 23.0 Å². The molecule has 154 valence electrons. The van der Waals surface area contributed by atoms with Gasteiger partial charge >= 0.3 is 0 Å². The number of hydrogen-bond donors (Lipinski definition) is 0. The van der Waals surface area contributed by atoms with E-state index in [4.69, 9.17) is 16.6 Å². The maximum atomic E-state index is 11.9. The Morgan fingerprint density at radius 3 is 2.50 bits per heavy atom. The van der Waals surface area contributed by atoms with Gasteiger partial charge in [0.15, 0.2) is 9.84 Å². The Morgan fingerprint density at radius 2 is 1.96 bits per heavy atom. The fourth-order valence-electron chi connectivity index (χ4n) is 3.52. The van der Waals surface area contributed by atoms with E-state index in [9.17, 15) is 8.42 Å². The van der Waals surface area contributed by atoms with E-state index in [1.54, 1.807) is 4.68 Å². The maximum absolute atomic E-state index is 11.9. The first-order chi connectivity index (χ1) is 13.1. The first-order valence-corrected chi connectivity index (χ1v) is 12.0. The molecule has 1 aromatic heterocycles. The summed E-state index contributed by atoms with van der Waals surface area (Å²) in [7, 11) is -2.94. The molecule has 0 N–H and O–H groups in total. The minimum atomic E-state index is -2.94. The van der Waals surface area contributed by atoms with E-state index in [2.05, 4.69) is 49.8 Å². The minimum Gasteiger partial charge on any atom is -0.409 e. The van der Waals surface area contributed by atoms with Crippen LogP contribution in [0.25, 0.3) is 11.5 Å². The van der Waals surface area contributed by atoms with Crippen LogP contribution in [-0.4, -0.2) is 47.2 Å². The van der Waals surface area contributed by atoms with Crippen LogP contribution in [0.5, 0.6) is 0 Å². The molecule has 2 heterocycles. The van der Waals surface area contributed by atoms with Crippen LogP contribution in [0.1, 0.15) is 46.1 Å². The van der Waals surface area contributed by atoms with E-state index >= 15 is 0 Å². The highest BCUT2D eigenvalue weighted by atomic mass is 32.2. The lowest BCUT2D eigenvalue weighted by molar-refractivity contribution is 0.153. The van der Waals surface area contributed by atoms with Gasteiger partial charge in [-0.1, -0.05) is 39.8 Å². The first kappa shape index (κ1) is 21.2. The Bertz CT molecular complexity index is 969. The average molecular weight is 424 g/mol. The fraction of sp³-hybridized carbons (Fsp3) is 0.600. The zero-order chi connectivity index (χ0) is 20.5. The summed E-state index contributed by atoms with van der Waals surface area (Å²) in [6, 6.07) is 8.18. The molecule has 1 aromatic carbocycles. The quantitative estimate of drug-likeness (QED) is 0.654. The molecule has 0 saturated carbocycles. The number of sulfone groups is 1. The SMILES string of the molecule is CCCN(Cn1nc(-c2ccc(C(C)(C)C)cc2)oc1=S)C1CCS(=O)(=O)C1. The number of aromatic nitrogens is 2. The van der Waals surface area contributed by atoms with Crippen molar-refractivity contribution in [1.82, 2.24) is 14.7 Å². The fourth-order valence-corrected chi connectivity index (χ4v) is 5.46. The summed E-state index contributed by atoms with van der Waals surface area (Å²) in [4.78, 5) is 2.45. The van der Waals surface area contributed by atoms with Gasteiger partial charge in [0.2, 0.25) is 5.89 Å². The molecule has 1 saturated heterocycles. The number of hydrogen-bond acceptors (Lipinski definition) is 6. The van der Waals surface area contributed by atoms with Gasteiger partial charge in [0.25, 0.3) is 4.84 Å². The molecule has 28 heavy (non-hydrogen) atoms. The number of nitrogens with zero attached hydrogens (tertiary/aromatic N) is 3. The van der Waals surface area contributed by atoms with E-state index in [1.165, 1.54) is 5.56 Å². The molecule has 0 bridgehead atoms. The molecule has 0 aliphatic carbocycles. The lowest BCUT2D eigenvalue weighted by atomic mass is 9.87. The normalized spacial score (nSPS) is 19.4. The van der Waals surface area contributed by atoms with Gasteiger partial charge in [0.1, 0.15) is 0 Å². The van der Waals surface area contributed by atoms with E-state index < -0.39 is 9.84 Å². The van der Waals surface area contributed by atoms with Gasteiger partial charge in [-0.05, 0) is 54.7 Å². The molecule has 1 atom stereocenters. The smallest absolute Gasteiger partial charge is 0.288 e. The van der Waals surface area contributed by atoms with Crippen molar-refractivity contribution in [2.24, 2.45) is 0 Å². The van der Waals surface area contributed by atoms with Crippen molar-refractivity contribution >= 4 is 22.1 Å². The Labute approximate surface area is 172 Å². The molecule has 0 amide bonds. The average Bonchev–Trinajstić information content (AvgIpc) is 3.16. The summed E-state index contributed by atoms with van der Waals surface area (Å²) in [5.41, 5.74) is 2.20. The van der Waals surface area contributed by atoms with Crippen molar-refractivity contribution in [3.63, 3.8) is 0 Å². The minimum absolute atomic E-state index is 0.0121. The van der Waals surface area contributed by atoms with Crippen LogP contribution in [0.4, 0.5) is 0 Å². The predicted octanol–water partition coefficient (Wildman–Crippen LogP) is 4.03. The Kier molecular flexibility index (Phi) is 6.12. The molecule has 0 radical (unpaired) electrons. The molecule has 6 nitrogen and oxygen atoms in total. The second kappa shape index (κ2) is 8.08. The molecule has 2 aromatic rings. The highest BCUT2D eigenvalue weighted by molar-refractivity contribution is 7.91. The van der Waals surface area contributed by atoms with Crippen molar-refractivity contribution in [1.29, 1.82) is 0 Å². The molecular formula is C20H29N3O3S2. The van der Waals surface area contributed by atoms with Crippen LogP contribution in [-0.2, 0) is 21.9 Å². The van der Waals surface area contributed by atoms with Gasteiger partial charge in [0, 0.05) is 11.6 Å². The van der Waals surface area contributed by atoms with Gasteiger partial charge in [-0.15, -0.1) is 5.10 Å². The van der Waals surface area contributed by atoms with Crippen molar-refractivity contribution in [3.8, 4) is 11.5 Å². The van der Waals surface area contributed by atoms with E-state index in [0.717, 1.165) is 18.5 Å². The van der Waals surface area contributed by atoms with Crippen molar-refractivity contribution in [2.45, 2.75) is 58.7 Å². The molecule has 3 rings (SSSR count). The monoisotopic (exact) mass is 423 g/mol. The molecule has 1 unspecified atom stereocenters. The molecule has 1 aliphatic rings. The number of rotatable bonds is 6. The largest absolute Gasteiger partial charge is 0.409 e. The van der Waals surface area contributed by atoms with Gasteiger partial charge in [-0.2, -0.15) is 0 Å². The van der Waals surface area contributed by atoms with E-state index in [1.807, 2.05) is 12.1 Å². The summed E-state index contributed by atoms with van der Waals surface area (Å²) in [6.45, 7) is 9.84. The topological polar surface area (TPSA) is 68.3 Å². The molecule has 1 fully saturated rings. The van der Waals surface area contributed by atoms with Gasteiger partial charge in [-0.3, -0.25) is 4.90 Å². The molecular weight excluding hydrogens is 394 g/mol. The summed E-state index contributed by atoms with van der Waals surface area (Å²) in [5.74, 6) is 0.952. The van der Waals surface area contributed by atoms with Crippen LogP contribution < -0.4 is 0 Å². The summed E-state index contributed by atoms with van der Waals surface area (Å²) in [6.07, 6.45) is 1.59. The van der Waals surface area contributed by atoms with Crippen molar-refractivity contribution in [2.75, 3.05) is 18.1 Å². The summed E-state index contributed by atoms with van der Waals surface area (Å²) >= 11 is 5.37.